The van der Waals surface area contributed by atoms with E-state index in [0.717, 1.165) is 68.1 Å². The molecule has 0 aromatic carbocycles. The number of amides is 1. The van der Waals surface area contributed by atoms with E-state index in [1.54, 1.807) is 13.2 Å². The predicted octanol–water partition coefficient (Wildman–Crippen LogP) is 4.25. The molecule has 2 aliphatic carbocycles. The summed E-state index contributed by atoms with van der Waals surface area (Å²) in [4.78, 5) is 21.8. The maximum Gasteiger partial charge on any atom is 0.254 e. The van der Waals surface area contributed by atoms with Gasteiger partial charge in [-0.05, 0) is 43.9 Å². The Labute approximate surface area is 214 Å². The fraction of sp³-hybridized carbons (Fsp3) is 0.704. The summed E-state index contributed by atoms with van der Waals surface area (Å²) in [5.74, 6) is 3.36. The molecule has 2 aromatic rings. The molecule has 3 N–H and O–H groups in total. The highest BCUT2D eigenvalue weighted by Gasteiger charge is 2.49. The lowest BCUT2D eigenvalue weighted by Crippen LogP contribution is -2.49. The van der Waals surface area contributed by atoms with Crippen molar-refractivity contribution in [3.05, 3.63) is 18.3 Å². The van der Waals surface area contributed by atoms with Gasteiger partial charge in [0.2, 0.25) is 0 Å². The van der Waals surface area contributed by atoms with E-state index in [4.69, 9.17) is 10.4 Å². The van der Waals surface area contributed by atoms with Crippen LogP contribution in [0.2, 0.25) is 0 Å². The molecule has 196 valence electrons. The molecule has 3 heterocycles. The van der Waals surface area contributed by atoms with E-state index in [1.807, 2.05) is 24.7 Å². The summed E-state index contributed by atoms with van der Waals surface area (Å²) in [6.45, 7) is 0. The first-order chi connectivity index (χ1) is 17.3. The molecule has 2 aromatic heterocycles. The molecular formula is C27H42N8O. The van der Waals surface area contributed by atoms with Gasteiger partial charge in [-0.15, -0.1) is 0 Å². The summed E-state index contributed by atoms with van der Waals surface area (Å²) in [6, 6.07) is 4.31. The van der Waals surface area contributed by atoms with Gasteiger partial charge in [0.15, 0.2) is 11.6 Å². The van der Waals surface area contributed by atoms with Crippen molar-refractivity contribution < 1.29 is 4.79 Å². The third-order valence-corrected chi connectivity index (χ3v) is 8.68. The Hall–Kier alpha value is -2.84. The molecule has 3 fully saturated rings. The number of guanidine groups is 1. The molecule has 0 bridgehead atoms. The van der Waals surface area contributed by atoms with Crippen molar-refractivity contribution in [1.29, 1.82) is 5.41 Å². The van der Waals surface area contributed by atoms with Crippen molar-refractivity contribution >= 4 is 29.1 Å². The molecule has 36 heavy (non-hydrogen) atoms. The zero-order valence-electron chi connectivity index (χ0n) is 22.1. The molecule has 1 aliphatic heterocycles. The third kappa shape index (κ3) is 5.02. The molecule has 9 heteroatoms. The van der Waals surface area contributed by atoms with E-state index in [2.05, 4.69) is 26.7 Å². The van der Waals surface area contributed by atoms with Crippen LogP contribution < -0.4 is 15.5 Å². The van der Waals surface area contributed by atoms with Gasteiger partial charge >= 0.3 is 0 Å². The van der Waals surface area contributed by atoms with Crippen LogP contribution in [0.1, 0.15) is 77.0 Å². The second kappa shape index (κ2) is 10.3. The zero-order valence-corrected chi connectivity index (χ0v) is 22.1. The minimum absolute atomic E-state index is 0.0851. The number of rotatable bonds is 8. The van der Waals surface area contributed by atoms with Crippen molar-refractivity contribution in [3.8, 4) is 0 Å². The number of aromatic nitrogens is 3. The van der Waals surface area contributed by atoms with Gasteiger partial charge in [-0.2, -0.15) is 9.61 Å². The summed E-state index contributed by atoms with van der Waals surface area (Å²) < 4.78 is 1.85. The number of hydrogen-bond donors (Lipinski definition) is 3. The number of anilines is 2. The first kappa shape index (κ1) is 24.8. The summed E-state index contributed by atoms with van der Waals surface area (Å²) in [6.07, 6.45) is 15.5. The van der Waals surface area contributed by atoms with E-state index in [9.17, 15) is 4.79 Å². The second-order valence-electron chi connectivity index (χ2n) is 11.5. The maximum atomic E-state index is 13.4. The van der Waals surface area contributed by atoms with Crippen LogP contribution in [0.5, 0.6) is 0 Å². The van der Waals surface area contributed by atoms with Crippen molar-refractivity contribution in [2.45, 2.75) is 88.6 Å². The number of hydrogen-bond acceptors (Lipinski definition) is 6. The zero-order chi connectivity index (χ0) is 25.3. The van der Waals surface area contributed by atoms with Gasteiger partial charge in [0.05, 0.1) is 6.20 Å². The monoisotopic (exact) mass is 494 g/mol. The van der Waals surface area contributed by atoms with Crippen LogP contribution >= 0.6 is 0 Å². The van der Waals surface area contributed by atoms with E-state index >= 15 is 0 Å². The minimum Gasteiger partial charge on any atom is -0.367 e. The van der Waals surface area contributed by atoms with Gasteiger partial charge in [0.1, 0.15) is 17.2 Å². The SMILES string of the molecule is CN1C(=N)N[C@](CCC2CCCCC2)(C[C@H]2CCC[C@@H](Nc3cc(N(C)C)n4nccc4n3)C2)C1=O. The first-order valence-corrected chi connectivity index (χ1v) is 13.8. The Morgan fingerprint density at radius 3 is 2.67 bits per heavy atom. The molecule has 0 spiro atoms. The van der Waals surface area contributed by atoms with Gasteiger partial charge < -0.3 is 15.5 Å². The lowest BCUT2D eigenvalue weighted by atomic mass is 9.74. The Balaban J connectivity index is 1.28. The third-order valence-electron chi connectivity index (χ3n) is 8.68. The molecule has 2 saturated carbocycles. The standard InChI is InChI=1S/C27H42N8O/c1-33(2)24-17-22(31-23-13-15-29-35(23)24)30-21-11-7-10-20(16-21)18-27(25(36)34(3)26(28)32-27)14-12-19-8-5-4-6-9-19/h13,15,17,19-21H,4-12,14,16,18H2,1-3H3,(H2,28,32)(H,30,31)/t20-,21+,27+/m0/s1. The fourth-order valence-corrected chi connectivity index (χ4v) is 6.72. The summed E-state index contributed by atoms with van der Waals surface area (Å²) in [7, 11) is 5.78. The number of nitrogens with one attached hydrogen (secondary N) is 3. The van der Waals surface area contributed by atoms with E-state index < -0.39 is 5.54 Å². The fourth-order valence-electron chi connectivity index (χ4n) is 6.72. The number of nitrogens with zero attached hydrogens (tertiary/aromatic N) is 5. The topological polar surface area (TPSA) is 102 Å². The lowest BCUT2D eigenvalue weighted by molar-refractivity contribution is -0.131. The van der Waals surface area contributed by atoms with Gasteiger partial charge in [0.25, 0.3) is 5.91 Å². The highest BCUT2D eigenvalue weighted by atomic mass is 16.2. The molecule has 0 unspecified atom stereocenters. The first-order valence-electron chi connectivity index (χ1n) is 13.8. The average Bonchev–Trinajstić information content (AvgIpc) is 3.42. The molecule has 3 aliphatic rings. The van der Waals surface area contributed by atoms with Crippen LogP contribution in [-0.4, -0.2) is 64.1 Å². The Kier molecular flexibility index (Phi) is 7.08. The number of carbonyl (C=O) groups excluding carboxylic acids is 1. The Morgan fingerprint density at radius 1 is 1.17 bits per heavy atom. The maximum absolute atomic E-state index is 13.4. The van der Waals surface area contributed by atoms with E-state index in [-0.39, 0.29) is 11.9 Å². The van der Waals surface area contributed by atoms with Gasteiger partial charge in [-0.25, -0.2) is 4.98 Å². The largest absolute Gasteiger partial charge is 0.367 e. The van der Waals surface area contributed by atoms with Crippen LogP contribution in [0, 0.1) is 17.2 Å². The average molecular weight is 495 g/mol. The number of fused-ring (bicyclic) bond motifs is 1. The molecule has 9 nitrogen and oxygen atoms in total. The van der Waals surface area contributed by atoms with Crippen LogP contribution in [-0.2, 0) is 4.79 Å². The highest BCUT2D eigenvalue weighted by molar-refractivity contribution is 6.07. The predicted molar refractivity (Wildman–Crippen MR) is 143 cm³/mol. The van der Waals surface area contributed by atoms with Gasteiger partial charge in [0, 0.05) is 39.3 Å². The summed E-state index contributed by atoms with van der Waals surface area (Å²) >= 11 is 0. The Morgan fingerprint density at radius 2 is 1.94 bits per heavy atom. The van der Waals surface area contributed by atoms with Crippen molar-refractivity contribution in [3.63, 3.8) is 0 Å². The lowest BCUT2D eigenvalue weighted by Gasteiger charge is -2.37. The van der Waals surface area contributed by atoms with Crippen LogP contribution in [0.3, 0.4) is 0 Å². The summed E-state index contributed by atoms with van der Waals surface area (Å²) in [5, 5.41) is 19.8. The van der Waals surface area contributed by atoms with Crippen LogP contribution in [0.25, 0.3) is 5.65 Å². The molecular weight excluding hydrogens is 452 g/mol. The van der Waals surface area contributed by atoms with E-state index in [1.165, 1.54) is 37.0 Å². The summed E-state index contributed by atoms with van der Waals surface area (Å²) in [5.41, 5.74) is 0.211. The molecule has 3 atom stereocenters. The Bertz CT molecular complexity index is 1090. The van der Waals surface area contributed by atoms with Gasteiger partial charge in [-0.3, -0.25) is 15.1 Å². The molecule has 5 rings (SSSR count). The van der Waals surface area contributed by atoms with Crippen LogP contribution in [0.15, 0.2) is 18.3 Å². The number of likely N-dealkylation sites (N-methyl/N-ethyl adjacent to an activating group) is 1. The van der Waals surface area contributed by atoms with Gasteiger partial charge in [-0.1, -0.05) is 44.9 Å². The van der Waals surface area contributed by atoms with Crippen molar-refractivity contribution in [2.75, 3.05) is 31.4 Å². The normalized spacial score (nSPS) is 27.5. The number of carbonyl (C=O) groups is 1. The van der Waals surface area contributed by atoms with E-state index in [0.29, 0.717) is 12.0 Å². The van der Waals surface area contributed by atoms with Crippen molar-refractivity contribution in [2.24, 2.45) is 11.8 Å². The van der Waals surface area contributed by atoms with Crippen LogP contribution in [0.4, 0.5) is 11.6 Å². The smallest absolute Gasteiger partial charge is 0.254 e. The minimum atomic E-state index is -0.622. The van der Waals surface area contributed by atoms with Crippen molar-refractivity contribution in [1.82, 2.24) is 24.8 Å². The highest BCUT2D eigenvalue weighted by Crippen LogP contribution is 2.39. The molecule has 0 radical (unpaired) electrons. The quantitative estimate of drug-likeness (QED) is 0.507. The second-order valence-corrected chi connectivity index (χ2v) is 11.5. The molecule has 1 amide bonds. The molecule has 1 saturated heterocycles.